The van der Waals surface area contributed by atoms with Gasteiger partial charge in [-0.25, -0.2) is 0 Å². The molecule has 0 aliphatic heterocycles. The summed E-state index contributed by atoms with van der Waals surface area (Å²) in [6, 6.07) is 9.34. The van der Waals surface area contributed by atoms with Gasteiger partial charge in [0.1, 0.15) is 0 Å². The molecule has 0 atom stereocenters. The first-order chi connectivity index (χ1) is 17.2. The first-order valence-electron chi connectivity index (χ1n) is 9.88. The molecule has 6 rings (SSSR count). The van der Waals surface area contributed by atoms with Crippen LogP contribution in [-0.2, 0) is 0 Å². The Hall–Kier alpha value is -5.80. The third-order valence-corrected chi connectivity index (χ3v) is 5.81. The molecule has 4 aromatic carbocycles. The van der Waals surface area contributed by atoms with Crippen LogP contribution in [0.5, 0.6) is 0 Å². The van der Waals surface area contributed by atoms with Gasteiger partial charge in [-0.05, 0) is 63.9 Å². The first-order valence-corrected chi connectivity index (χ1v) is 9.88. The Morgan fingerprint density at radius 1 is 0.444 bits per heavy atom. The SMILES string of the molecule is O=[N+]([O-])c1nc2c3cccc4c5nc([N+](=O)[O-])c([N+](=O)[O-])nc5c5cccc(c2nc1[N+](=O)[O-])c5c34. The topological polar surface area (TPSA) is 224 Å². The van der Waals surface area contributed by atoms with E-state index in [2.05, 4.69) is 19.9 Å². The lowest BCUT2D eigenvalue weighted by atomic mass is 9.91. The van der Waals surface area contributed by atoms with E-state index in [-0.39, 0.29) is 22.1 Å². The normalized spacial score (nSPS) is 11.7. The molecule has 2 heterocycles. The second kappa shape index (κ2) is 6.86. The molecular weight excluding hydrogens is 480 g/mol. The fourth-order valence-corrected chi connectivity index (χ4v) is 4.51. The minimum absolute atomic E-state index is 0.00150. The predicted octanol–water partition coefficient (Wildman–Crippen LogP) is 4.10. The second-order valence-electron chi connectivity index (χ2n) is 7.62. The Morgan fingerprint density at radius 3 is 0.861 bits per heavy atom. The highest BCUT2D eigenvalue weighted by Gasteiger charge is 2.36. The number of rotatable bonds is 4. The molecule has 0 bridgehead atoms. The number of nitro groups is 4. The summed E-state index contributed by atoms with van der Waals surface area (Å²) in [4.78, 5) is 57.9. The van der Waals surface area contributed by atoms with Crippen molar-refractivity contribution in [3.63, 3.8) is 0 Å². The van der Waals surface area contributed by atoms with Gasteiger partial charge in [-0.15, -0.1) is 0 Å². The molecule has 0 fully saturated rings. The lowest BCUT2D eigenvalue weighted by Crippen LogP contribution is -2.05. The number of fused-ring (bicyclic) bond motifs is 6. The maximum absolute atomic E-state index is 11.5. The zero-order valence-corrected chi connectivity index (χ0v) is 17.3. The molecule has 0 saturated carbocycles. The third-order valence-electron chi connectivity index (χ3n) is 5.81. The number of hydrogen-bond donors (Lipinski definition) is 0. The highest BCUT2D eigenvalue weighted by atomic mass is 16.6. The van der Waals surface area contributed by atoms with E-state index >= 15 is 0 Å². The van der Waals surface area contributed by atoms with Crippen LogP contribution in [0, 0.1) is 40.5 Å². The lowest BCUT2D eigenvalue weighted by Gasteiger charge is -2.10. The van der Waals surface area contributed by atoms with Crippen LogP contribution in [0.4, 0.5) is 23.3 Å². The van der Waals surface area contributed by atoms with Crippen molar-refractivity contribution in [1.29, 1.82) is 0 Å². The summed E-state index contributed by atoms with van der Waals surface area (Å²) in [6.07, 6.45) is 0. The molecule has 0 amide bonds. The van der Waals surface area contributed by atoms with Gasteiger partial charge in [0.15, 0.2) is 0 Å². The molecule has 0 N–H and O–H groups in total. The van der Waals surface area contributed by atoms with Crippen LogP contribution in [0.25, 0.3) is 54.4 Å². The highest BCUT2D eigenvalue weighted by Crippen LogP contribution is 2.44. The number of nitrogens with zero attached hydrogens (tertiary/aromatic N) is 8. The van der Waals surface area contributed by atoms with Crippen molar-refractivity contribution in [3.05, 3.63) is 76.9 Å². The minimum atomic E-state index is -1.04. The van der Waals surface area contributed by atoms with Crippen LogP contribution in [0.2, 0.25) is 0 Å². The van der Waals surface area contributed by atoms with Gasteiger partial charge in [0, 0.05) is 32.3 Å². The maximum Gasteiger partial charge on any atom is 0.463 e. The van der Waals surface area contributed by atoms with Crippen LogP contribution < -0.4 is 0 Å². The Bertz CT molecular complexity index is 1740. The Morgan fingerprint density at radius 2 is 0.667 bits per heavy atom. The molecule has 36 heavy (non-hydrogen) atoms. The first kappa shape index (κ1) is 20.8. The molecule has 0 saturated heterocycles. The number of hydrogen-bond acceptors (Lipinski definition) is 12. The summed E-state index contributed by atoms with van der Waals surface area (Å²) in [5.74, 6) is -4.17. The monoisotopic (exact) mass is 486 g/mol. The van der Waals surface area contributed by atoms with E-state index in [0.717, 1.165) is 0 Å². The van der Waals surface area contributed by atoms with Crippen molar-refractivity contribution in [2.24, 2.45) is 0 Å². The van der Waals surface area contributed by atoms with Crippen molar-refractivity contribution >= 4 is 77.7 Å². The van der Waals surface area contributed by atoms with Crippen LogP contribution in [-0.4, -0.2) is 39.6 Å². The van der Waals surface area contributed by atoms with E-state index in [1.54, 1.807) is 24.3 Å². The van der Waals surface area contributed by atoms with E-state index < -0.39 is 43.0 Å². The lowest BCUT2D eigenvalue weighted by molar-refractivity contribution is -0.428. The fourth-order valence-electron chi connectivity index (χ4n) is 4.51. The van der Waals surface area contributed by atoms with Crippen LogP contribution in [0.3, 0.4) is 0 Å². The molecule has 16 nitrogen and oxygen atoms in total. The van der Waals surface area contributed by atoms with Crippen molar-refractivity contribution in [3.8, 4) is 0 Å². The quantitative estimate of drug-likeness (QED) is 0.148. The van der Waals surface area contributed by atoms with Crippen molar-refractivity contribution in [1.82, 2.24) is 19.9 Å². The van der Waals surface area contributed by atoms with Gasteiger partial charge in [0.05, 0.1) is 0 Å². The molecule has 0 unspecified atom stereocenters. The standard InChI is InChI=1S/C20H6N8O8/c29-25(30)17-19(27(33)34)23-15-9-5-2-6-10-12(9)11-7(13(15)21-17)3-1-4-8(11)14-16(10)24-20(28(35)36)18(22-14)26(31)32/h1-6H. The molecule has 16 heteroatoms. The van der Waals surface area contributed by atoms with E-state index in [0.29, 0.717) is 32.3 Å². The van der Waals surface area contributed by atoms with E-state index in [1.165, 1.54) is 12.1 Å². The van der Waals surface area contributed by atoms with Gasteiger partial charge in [-0.1, -0.05) is 12.1 Å². The molecule has 174 valence electrons. The third kappa shape index (κ3) is 2.56. The van der Waals surface area contributed by atoms with Crippen LogP contribution in [0.1, 0.15) is 0 Å². The minimum Gasteiger partial charge on any atom is -0.358 e. The smallest absolute Gasteiger partial charge is 0.358 e. The van der Waals surface area contributed by atoms with Gasteiger partial charge in [0.2, 0.25) is 22.1 Å². The number of aromatic nitrogens is 4. The van der Waals surface area contributed by atoms with E-state index in [4.69, 9.17) is 0 Å². The van der Waals surface area contributed by atoms with Gasteiger partial charge in [-0.2, -0.15) is 0 Å². The van der Waals surface area contributed by atoms with Gasteiger partial charge in [0.25, 0.3) is 0 Å². The predicted molar refractivity (Wildman–Crippen MR) is 123 cm³/mol. The molecule has 2 aromatic heterocycles. The number of benzene rings is 4. The second-order valence-corrected chi connectivity index (χ2v) is 7.62. The summed E-state index contributed by atoms with van der Waals surface area (Å²) in [7, 11) is 0. The molecule has 0 spiro atoms. The largest absolute Gasteiger partial charge is 0.463 e. The highest BCUT2D eigenvalue weighted by molar-refractivity contribution is 6.38. The Balaban J connectivity index is 1.95. The molecule has 6 aromatic rings. The Labute approximate surface area is 194 Å². The van der Waals surface area contributed by atoms with Crippen LogP contribution in [0.15, 0.2) is 36.4 Å². The average Bonchev–Trinajstić information content (AvgIpc) is 2.86. The zero-order chi connectivity index (χ0) is 25.5. The average molecular weight is 486 g/mol. The van der Waals surface area contributed by atoms with Crippen molar-refractivity contribution in [2.45, 2.75) is 0 Å². The summed E-state index contributed by atoms with van der Waals surface area (Å²) >= 11 is 0. The zero-order valence-electron chi connectivity index (χ0n) is 17.3. The molecule has 0 radical (unpaired) electrons. The van der Waals surface area contributed by atoms with E-state index in [1.807, 2.05) is 0 Å². The fraction of sp³-hybridized carbons (Fsp3) is 0. The van der Waals surface area contributed by atoms with Gasteiger partial charge < -0.3 is 40.5 Å². The Kier molecular flexibility index (Phi) is 3.96. The summed E-state index contributed by atoms with van der Waals surface area (Å²) in [5.41, 5.74) is 0.00600. The van der Waals surface area contributed by atoms with Gasteiger partial charge in [-0.3, -0.25) is 0 Å². The summed E-state index contributed by atoms with van der Waals surface area (Å²) in [5, 5.41) is 48.2. The van der Waals surface area contributed by atoms with Gasteiger partial charge >= 0.3 is 23.3 Å². The summed E-state index contributed by atoms with van der Waals surface area (Å²) < 4.78 is 0. The molecule has 0 aliphatic carbocycles. The maximum atomic E-state index is 11.5. The van der Waals surface area contributed by atoms with Crippen LogP contribution >= 0.6 is 0 Å². The summed E-state index contributed by atoms with van der Waals surface area (Å²) in [6.45, 7) is 0. The van der Waals surface area contributed by atoms with Crippen molar-refractivity contribution in [2.75, 3.05) is 0 Å². The molecular formula is C20H6N8O8. The molecule has 0 aliphatic rings. The van der Waals surface area contributed by atoms with E-state index in [9.17, 15) is 40.5 Å². The van der Waals surface area contributed by atoms with Crippen molar-refractivity contribution < 1.29 is 19.7 Å².